The van der Waals surface area contributed by atoms with Crippen molar-refractivity contribution in [2.45, 2.75) is 31.8 Å². The molecule has 3 atom stereocenters. The highest BCUT2D eigenvalue weighted by molar-refractivity contribution is 5.61. The first-order chi connectivity index (χ1) is 12.7. The van der Waals surface area contributed by atoms with E-state index in [9.17, 15) is 5.11 Å². The smallest absolute Gasteiger partial charge is 0.142 e. The van der Waals surface area contributed by atoms with E-state index in [-0.39, 0.29) is 18.7 Å². The van der Waals surface area contributed by atoms with Gasteiger partial charge in [0.05, 0.1) is 24.9 Å². The molecule has 1 heterocycles. The molecule has 26 heavy (non-hydrogen) atoms. The Morgan fingerprint density at radius 3 is 2.62 bits per heavy atom. The summed E-state index contributed by atoms with van der Waals surface area (Å²) in [5.74, 6) is 1.27. The second-order valence-corrected chi connectivity index (χ2v) is 7.03. The predicted octanol–water partition coefficient (Wildman–Crippen LogP) is 3.41. The number of likely N-dealkylation sites (N-methyl/N-ethyl adjacent to an activating group) is 1. The number of ether oxygens (including phenoxy) is 1. The van der Waals surface area contributed by atoms with Gasteiger partial charge in [-0.05, 0) is 42.0 Å². The van der Waals surface area contributed by atoms with E-state index in [1.165, 1.54) is 11.1 Å². The predicted molar refractivity (Wildman–Crippen MR) is 107 cm³/mol. The SMILES string of the molecule is CCc1ccc(OC)c(N(C)C2C(CCO)CNC2c2ccccc2)c1. The Kier molecular flexibility index (Phi) is 6.17. The topological polar surface area (TPSA) is 44.7 Å². The Morgan fingerprint density at radius 1 is 1.19 bits per heavy atom. The Morgan fingerprint density at radius 2 is 1.96 bits per heavy atom. The van der Waals surface area contributed by atoms with Crippen LogP contribution >= 0.6 is 0 Å². The zero-order valence-corrected chi connectivity index (χ0v) is 16.0. The van der Waals surface area contributed by atoms with Crippen LogP contribution in [-0.4, -0.2) is 38.5 Å². The maximum atomic E-state index is 9.57. The van der Waals surface area contributed by atoms with Gasteiger partial charge in [-0.25, -0.2) is 0 Å². The lowest BCUT2D eigenvalue weighted by Crippen LogP contribution is -2.40. The van der Waals surface area contributed by atoms with Crippen LogP contribution in [0, 0.1) is 5.92 Å². The molecule has 140 valence electrons. The molecule has 2 N–H and O–H groups in total. The minimum atomic E-state index is 0.213. The summed E-state index contributed by atoms with van der Waals surface area (Å²) in [5.41, 5.74) is 3.70. The Labute approximate surface area is 156 Å². The summed E-state index contributed by atoms with van der Waals surface area (Å²) in [4.78, 5) is 2.34. The van der Waals surface area contributed by atoms with Crippen molar-refractivity contribution in [3.63, 3.8) is 0 Å². The fraction of sp³-hybridized carbons (Fsp3) is 0.455. The normalized spacial score (nSPS) is 22.4. The molecule has 3 unspecified atom stereocenters. The van der Waals surface area contributed by atoms with Crippen LogP contribution in [-0.2, 0) is 6.42 Å². The zero-order valence-electron chi connectivity index (χ0n) is 16.0. The van der Waals surface area contributed by atoms with E-state index in [4.69, 9.17) is 4.74 Å². The van der Waals surface area contributed by atoms with E-state index in [0.29, 0.717) is 5.92 Å². The van der Waals surface area contributed by atoms with Crippen molar-refractivity contribution in [1.82, 2.24) is 5.32 Å². The van der Waals surface area contributed by atoms with Gasteiger partial charge < -0.3 is 20.1 Å². The number of hydrogen-bond donors (Lipinski definition) is 2. The highest BCUT2D eigenvalue weighted by atomic mass is 16.5. The number of nitrogens with zero attached hydrogens (tertiary/aromatic N) is 1. The molecule has 1 aliphatic rings. The highest BCUT2D eigenvalue weighted by Crippen LogP contribution is 2.39. The van der Waals surface area contributed by atoms with Gasteiger partial charge in [0, 0.05) is 20.2 Å². The second-order valence-electron chi connectivity index (χ2n) is 7.03. The van der Waals surface area contributed by atoms with Gasteiger partial charge in [-0.1, -0.05) is 43.3 Å². The minimum Gasteiger partial charge on any atom is -0.495 e. The first-order valence-corrected chi connectivity index (χ1v) is 9.48. The van der Waals surface area contributed by atoms with Crippen LogP contribution in [0.5, 0.6) is 5.75 Å². The first kappa shape index (κ1) is 18.7. The highest BCUT2D eigenvalue weighted by Gasteiger charge is 2.39. The lowest BCUT2D eigenvalue weighted by molar-refractivity contribution is 0.252. The zero-order chi connectivity index (χ0) is 18.5. The lowest BCUT2D eigenvalue weighted by atomic mass is 9.90. The number of aliphatic hydroxyl groups excluding tert-OH is 1. The molecule has 3 rings (SSSR count). The van der Waals surface area contributed by atoms with E-state index < -0.39 is 0 Å². The van der Waals surface area contributed by atoms with E-state index in [2.05, 4.69) is 72.7 Å². The molecule has 0 saturated carbocycles. The molecule has 0 radical (unpaired) electrons. The molecule has 0 bridgehead atoms. The molecule has 1 fully saturated rings. The second kappa shape index (κ2) is 8.56. The van der Waals surface area contributed by atoms with Crippen LogP contribution in [0.3, 0.4) is 0 Å². The summed E-state index contributed by atoms with van der Waals surface area (Å²) in [6.45, 7) is 3.29. The minimum absolute atomic E-state index is 0.213. The van der Waals surface area contributed by atoms with Crippen molar-refractivity contribution < 1.29 is 9.84 Å². The molecular formula is C22H30N2O2. The molecule has 4 heteroatoms. The maximum absolute atomic E-state index is 9.57. The fourth-order valence-corrected chi connectivity index (χ4v) is 4.14. The number of aliphatic hydroxyl groups is 1. The van der Waals surface area contributed by atoms with Crippen molar-refractivity contribution in [3.05, 3.63) is 59.7 Å². The van der Waals surface area contributed by atoms with Crippen LogP contribution in [0.1, 0.15) is 30.5 Å². The molecule has 2 aromatic carbocycles. The summed E-state index contributed by atoms with van der Waals surface area (Å²) in [5, 5.41) is 13.2. The van der Waals surface area contributed by atoms with E-state index >= 15 is 0 Å². The summed E-state index contributed by atoms with van der Waals surface area (Å²) < 4.78 is 5.65. The number of rotatable bonds is 7. The van der Waals surface area contributed by atoms with E-state index in [1.807, 2.05) is 0 Å². The summed E-state index contributed by atoms with van der Waals surface area (Å²) in [6.07, 6.45) is 1.79. The Hall–Kier alpha value is -2.04. The van der Waals surface area contributed by atoms with Gasteiger partial charge in [0.2, 0.25) is 0 Å². The number of nitrogens with one attached hydrogen (secondary N) is 1. The van der Waals surface area contributed by atoms with Crippen LogP contribution in [0.2, 0.25) is 0 Å². The standard InChI is InChI=1S/C22H30N2O2/c1-4-16-10-11-20(26-3)19(14-16)24(2)22-18(12-13-25)15-23-21(22)17-8-6-5-7-9-17/h5-11,14,18,21-23,25H,4,12-13,15H2,1-3H3. The van der Waals surface area contributed by atoms with Crippen molar-refractivity contribution >= 4 is 5.69 Å². The van der Waals surface area contributed by atoms with Gasteiger partial charge in [-0.15, -0.1) is 0 Å². The van der Waals surface area contributed by atoms with Gasteiger partial charge in [0.25, 0.3) is 0 Å². The number of anilines is 1. The van der Waals surface area contributed by atoms with E-state index in [1.54, 1.807) is 7.11 Å². The van der Waals surface area contributed by atoms with E-state index in [0.717, 1.165) is 30.8 Å². The van der Waals surface area contributed by atoms with Gasteiger partial charge in [0.15, 0.2) is 0 Å². The lowest BCUT2D eigenvalue weighted by Gasteiger charge is -2.36. The van der Waals surface area contributed by atoms with Gasteiger partial charge in [0.1, 0.15) is 5.75 Å². The molecule has 2 aromatic rings. The summed E-state index contributed by atoms with van der Waals surface area (Å²) >= 11 is 0. The average molecular weight is 354 g/mol. The third-order valence-corrected chi connectivity index (χ3v) is 5.56. The van der Waals surface area contributed by atoms with Crippen molar-refractivity contribution in [2.75, 3.05) is 32.2 Å². The van der Waals surface area contributed by atoms with Gasteiger partial charge >= 0.3 is 0 Å². The van der Waals surface area contributed by atoms with Crippen molar-refractivity contribution in [2.24, 2.45) is 5.92 Å². The molecular weight excluding hydrogens is 324 g/mol. The Bertz CT molecular complexity index is 705. The molecule has 0 aliphatic carbocycles. The van der Waals surface area contributed by atoms with Crippen LogP contribution in [0.15, 0.2) is 48.5 Å². The number of methoxy groups -OCH3 is 1. The van der Waals surface area contributed by atoms with Crippen molar-refractivity contribution in [3.8, 4) is 5.75 Å². The molecule has 0 spiro atoms. The number of hydrogen-bond acceptors (Lipinski definition) is 4. The number of aryl methyl sites for hydroxylation is 1. The van der Waals surface area contributed by atoms with Gasteiger partial charge in [-0.3, -0.25) is 0 Å². The van der Waals surface area contributed by atoms with Crippen molar-refractivity contribution in [1.29, 1.82) is 0 Å². The maximum Gasteiger partial charge on any atom is 0.142 e. The molecule has 0 amide bonds. The summed E-state index contributed by atoms with van der Waals surface area (Å²) in [6, 6.07) is 17.5. The molecule has 4 nitrogen and oxygen atoms in total. The van der Waals surface area contributed by atoms with Crippen LogP contribution in [0.4, 0.5) is 5.69 Å². The quantitative estimate of drug-likeness (QED) is 0.800. The number of benzene rings is 2. The third kappa shape index (κ3) is 3.71. The van der Waals surface area contributed by atoms with Crippen LogP contribution in [0.25, 0.3) is 0 Å². The van der Waals surface area contributed by atoms with Gasteiger partial charge in [-0.2, -0.15) is 0 Å². The largest absolute Gasteiger partial charge is 0.495 e. The molecule has 0 aromatic heterocycles. The molecule has 1 aliphatic heterocycles. The monoisotopic (exact) mass is 354 g/mol. The Balaban J connectivity index is 1.98. The summed E-state index contributed by atoms with van der Waals surface area (Å²) in [7, 11) is 3.88. The van der Waals surface area contributed by atoms with Crippen LogP contribution < -0.4 is 15.0 Å². The average Bonchev–Trinajstić information content (AvgIpc) is 3.11. The third-order valence-electron chi connectivity index (χ3n) is 5.56. The fourth-order valence-electron chi connectivity index (χ4n) is 4.14. The first-order valence-electron chi connectivity index (χ1n) is 9.48. The molecule has 1 saturated heterocycles.